The number of halogens is 1. The van der Waals surface area contributed by atoms with E-state index in [1.807, 2.05) is 9.95 Å². The van der Waals surface area contributed by atoms with Crippen LogP contribution in [0.5, 0.6) is 5.75 Å². The third kappa shape index (κ3) is 5.36. The van der Waals surface area contributed by atoms with Crippen LogP contribution in [0.2, 0.25) is 0 Å². The van der Waals surface area contributed by atoms with Crippen LogP contribution in [0.4, 0.5) is 4.39 Å². The molecule has 0 atom stereocenters. The molecule has 0 spiro atoms. The lowest BCUT2D eigenvalue weighted by Crippen LogP contribution is -2.13. The molecule has 0 bridgehead atoms. The smallest absolute Gasteiger partial charge is 0.258 e. The number of benzene rings is 1. The Morgan fingerprint density at radius 2 is 2.06 bits per heavy atom. The number of unbranched alkanes of at least 4 members (excludes halogenated alkanes) is 3. The predicted octanol–water partition coefficient (Wildman–Crippen LogP) is 4.94. The second-order valence-electron chi connectivity index (χ2n) is 7.26. The molecular weight excluding hydrogens is 449 g/mol. The van der Waals surface area contributed by atoms with Gasteiger partial charge in [-0.05, 0) is 18.6 Å². The zero-order valence-electron chi connectivity index (χ0n) is 17.7. The van der Waals surface area contributed by atoms with Crippen LogP contribution in [0, 0.1) is 5.82 Å². The lowest BCUT2D eigenvalue weighted by Gasteiger charge is -2.11. The van der Waals surface area contributed by atoms with Crippen LogP contribution in [0.3, 0.4) is 0 Å². The molecule has 4 aromatic rings. The maximum absolute atomic E-state index is 13.9. The fourth-order valence-electron chi connectivity index (χ4n) is 3.26. The SMILES string of the molecule is CCCCCCn1c(COc2ccccc2F)nnc1SCc1cc(=O)n2ccsc2n1. The summed E-state index contributed by atoms with van der Waals surface area (Å²) in [5.74, 6) is 0.938. The van der Waals surface area contributed by atoms with E-state index in [1.165, 1.54) is 40.0 Å². The Hall–Kier alpha value is -2.72. The molecule has 0 aliphatic carbocycles. The summed E-state index contributed by atoms with van der Waals surface area (Å²) in [6, 6.07) is 7.87. The van der Waals surface area contributed by atoms with E-state index in [9.17, 15) is 9.18 Å². The van der Waals surface area contributed by atoms with E-state index < -0.39 is 5.82 Å². The van der Waals surface area contributed by atoms with Gasteiger partial charge in [-0.15, -0.1) is 21.5 Å². The Morgan fingerprint density at radius 3 is 2.91 bits per heavy atom. The maximum atomic E-state index is 13.9. The molecule has 0 fully saturated rings. The van der Waals surface area contributed by atoms with Crippen LogP contribution in [0.25, 0.3) is 4.96 Å². The number of hydrogen-bond acceptors (Lipinski definition) is 7. The van der Waals surface area contributed by atoms with Gasteiger partial charge < -0.3 is 9.30 Å². The molecule has 7 nitrogen and oxygen atoms in total. The highest BCUT2D eigenvalue weighted by atomic mass is 32.2. The molecule has 0 aliphatic heterocycles. The highest BCUT2D eigenvalue weighted by Gasteiger charge is 2.15. The number of ether oxygens (including phenoxy) is 1. The van der Waals surface area contributed by atoms with E-state index in [-0.39, 0.29) is 17.9 Å². The second-order valence-corrected chi connectivity index (χ2v) is 9.08. The Labute approximate surface area is 193 Å². The number of aromatic nitrogens is 5. The zero-order valence-corrected chi connectivity index (χ0v) is 19.4. The Morgan fingerprint density at radius 1 is 1.19 bits per heavy atom. The molecule has 3 heterocycles. The summed E-state index contributed by atoms with van der Waals surface area (Å²) in [6.45, 7) is 3.06. The summed E-state index contributed by atoms with van der Waals surface area (Å²) in [7, 11) is 0. The van der Waals surface area contributed by atoms with Gasteiger partial charge in [0, 0.05) is 29.9 Å². The van der Waals surface area contributed by atoms with Crippen molar-refractivity contribution in [2.24, 2.45) is 0 Å². The first-order chi connectivity index (χ1) is 15.7. The van der Waals surface area contributed by atoms with Crippen LogP contribution in [0.1, 0.15) is 44.1 Å². The monoisotopic (exact) mass is 473 g/mol. The molecule has 0 aliphatic rings. The normalized spacial score (nSPS) is 11.3. The summed E-state index contributed by atoms with van der Waals surface area (Å²) in [6.07, 6.45) is 6.15. The molecule has 4 rings (SSSR count). The first kappa shape index (κ1) is 22.5. The van der Waals surface area contributed by atoms with Crippen molar-refractivity contribution in [2.45, 2.75) is 56.7 Å². The Bertz CT molecular complexity index is 1240. The summed E-state index contributed by atoms with van der Waals surface area (Å²) in [5.41, 5.74) is 0.610. The van der Waals surface area contributed by atoms with Gasteiger partial charge in [-0.25, -0.2) is 9.37 Å². The molecule has 0 N–H and O–H groups in total. The van der Waals surface area contributed by atoms with Crippen LogP contribution in [-0.4, -0.2) is 24.1 Å². The third-order valence-electron chi connectivity index (χ3n) is 4.93. The van der Waals surface area contributed by atoms with Gasteiger partial charge in [0.05, 0.1) is 5.69 Å². The van der Waals surface area contributed by atoms with Crippen molar-refractivity contribution in [3.8, 4) is 5.75 Å². The number of fused-ring (bicyclic) bond motifs is 1. The lowest BCUT2D eigenvalue weighted by atomic mass is 10.2. The van der Waals surface area contributed by atoms with Crippen molar-refractivity contribution in [1.29, 1.82) is 0 Å². The number of para-hydroxylation sites is 1. The Kier molecular flexibility index (Phi) is 7.54. The zero-order chi connectivity index (χ0) is 22.3. The number of rotatable bonds is 11. The molecule has 0 saturated heterocycles. The molecule has 10 heteroatoms. The number of thiazole rings is 1. The second kappa shape index (κ2) is 10.7. The van der Waals surface area contributed by atoms with Gasteiger partial charge in [0.25, 0.3) is 5.56 Å². The molecule has 32 heavy (non-hydrogen) atoms. The van der Waals surface area contributed by atoms with Crippen LogP contribution in [-0.2, 0) is 18.9 Å². The van der Waals surface area contributed by atoms with E-state index in [0.29, 0.717) is 22.2 Å². The van der Waals surface area contributed by atoms with Crippen molar-refractivity contribution in [3.63, 3.8) is 0 Å². The van der Waals surface area contributed by atoms with Crippen LogP contribution in [0.15, 0.2) is 51.9 Å². The first-order valence-electron chi connectivity index (χ1n) is 10.5. The minimum atomic E-state index is -0.405. The van der Waals surface area contributed by atoms with E-state index in [1.54, 1.807) is 30.5 Å². The highest BCUT2D eigenvalue weighted by Crippen LogP contribution is 2.24. The van der Waals surface area contributed by atoms with Crippen molar-refractivity contribution >= 4 is 28.1 Å². The van der Waals surface area contributed by atoms with Gasteiger partial charge in [-0.1, -0.05) is 50.1 Å². The summed E-state index contributed by atoms with van der Waals surface area (Å²) in [4.78, 5) is 17.5. The molecule has 0 radical (unpaired) electrons. The van der Waals surface area contributed by atoms with E-state index in [4.69, 9.17) is 4.74 Å². The minimum Gasteiger partial charge on any atom is -0.483 e. The van der Waals surface area contributed by atoms with Crippen molar-refractivity contribution in [1.82, 2.24) is 24.1 Å². The van der Waals surface area contributed by atoms with Gasteiger partial charge in [0.15, 0.2) is 27.5 Å². The average Bonchev–Trinajstić information content (AvgIpc) is 3.42. The van der Waals surface area contributed by atoms with Gasteiger partial charge in [0.1, 0.15) is 6.61 Å². The van der Waals surface area contributed by atoms with E-state index >= 15 is 0 Å². The summed E-state index contributed by atoms with van der Waals surface area (Å²) < 4.78 is 23.1. The highest BCUT2D eigenvalue weighted by molar-refractivity contribution is 7.98. The molecule has 1 aromatic carbocycles. The molecule has 3 aromatic heterocycles. The largest absolute Gasteiger partial charge is 0.483 e. The fourth-order valence-corrected chi connectivity index (χ4v) is 4.87. The average molecular weight is 474 g/mol. The van der Waals surface area contributed by atoms with Gasteiger partial charge >= 0.3 is 0 Å². The molecule has 0 saturated carbocycles. The van der Waals surface area contributed by atoms with E-state index in [0.717, 1.165) is 31.0 Å². The number of thioether (sulfide) groups is 1. The first-order valence-corrected chi connectivity index (χ1v) is 12.4. The lowest BCUT2D eigenvalue weighted by molar-refractivity contribution is 0.273. The maximum Gasteiger partial charge on any atom is 0.258 e. The van der Waals surface area contributed by atoms with Crippen molar-refractivity contribution < 1.29 is 9.13 Å². The van der Waals surface area contributed by atoms with Gasteiger partial charge in [0.2, 0.25) is 0 Å². The van der Waals surface area contributed by atoms with Gasteiger partial charge in [-0.2, -0.15) is 0 Å². The summed E-state index contributed by atoms with van der Waals surface area (Å²) in [5, 5.41) is 11.2. The fraction of sp³-hybridized carbons (Fsp3) is 0.364. The predicted molar refractivity (Wildman–Crippen MR) is 124 cm³/mol. The molecule has 0 amide bonds. The van der Waals surface area contributed by atoms with Crippen LogP contribution < -0.4 is 10.3 Å². The summed E-state index contributed by atoms with van der Waals surface area (Å²) >= 11 is 2.91. The molecule has 0 unspecified atom stereocenters. The minimum absolute atomic E-state index is 0.0909. The van der Waals surface area contributed by atoms with Gasteiger partial charge in [-0.3, -0.25) is 9.20 Å². The molecular formula is C22H24FN5O2S2. The third-order valence-corrected chi connectivity index (χ3v) is 6.68. The van der Waals surface area contributed by atoms with E-state index in [2.05, 4.69) is 22.1 Å². The molecule has 168 valence electrons. The Balaban J connectivity index is 1.49. The van der Waals surface area contributed by atoms with Crippen LogP contribution >= 0.6 is 23.1 Å². The quantitative estimate of drug-likeness (QED) is 0.227. The van der Waals surface area contributed by atoms with Crippen molar-refractivity contribution in [2.75, 3.05) is 0 Å². The number of nitrogens with zero attached hydrogens (tertiary/aromatic N) is 5. The standard InChI is InChI=1S/C22H24FN5O2S2/c1-2-3-4-7-10-27-19(14-30-18-9-6-5-8-17(18)23)25-26-22(27)32-15-16-13-20(29)28-11-12-31-21(28)24-16/h5-6,8-9,11-13H,2-4,7,10,14-15H2,1H3. The van der Waals surface area contributed by atoms with Crippen molar-refractivity contribution in [3.05, 3.63) is 69.6 Å². The topological polar surface area (TPSA) is 74.3 Å². The number of hydrogen-bond donors (Lipinski definition) is 0.